The fourth-order valence-electron chi connectivity index (χ4n) is 3.18. The molecule has 0 saturated heterocycles. The van der Waals surface area contributed by atoms with Crippen molar-refractivity contribution >= 4 is 65.6 Å². The highest BCUT2D eigenvalue weighted by Crippen LogP contribution is 2.44. The second-order valence-electron chi connectivity index (χ2n) is 5.30. The van der Waals surface area contributed by atoms with Crippen LogP contribution in [0, 0.1) is 0 Å². The van der Waals surface area contributed by atoms with Crippen LogP contribution in [0.4, 0.5) is 0 Å². The molecule has 0 spiro atoms. The van der Waals surface area contributed by atoms with Crippen LogP contribution in [0.25, 0.3) is 10.8 Å². The summed E-state index contributed by atoms with van der Waals surface area (Å²) in [4.78, 5) is 0. The topological polar surface area (TPSA) is 0 Å². The number of halogens is 3. The summed E-state index contributed by atoms with van der Waals surface area (Å²) < 4.78 is 2.19. The first kappa shape index (κ1) is 14.3. The molecule has 0 amide bonds. The highest BCUT2D eigenvalue weighted by Gasteiger charge is 2.22. The minimum Gasteiger partial charge on any atom is -0.121 e. The second-order valence-corrected chi connectivity index (χ2v) is 9.48. The summed E-state index contributed by atoms with van der Waals surface area (Å²) in [6.45, 7) is 0. The first-order valence-electron chi connectivity index (χ1n) is 6.77. The van der Waals surface area contributed by atoms with E-state index in [0.29, 0.717) is 0 Å². The summed E-state index contributed by atoms with van der Waals surface area (Å²) in [7, 11) is 0. The Morgan fingerprint density at radius 1 is 1.00 bits per heavy atom. The van der Waals surface area contributed by atoms with Crippen LogP contribution >= 0.6 is 54.8 Å². The van der Waals surface area contributed by atoms with Crippen LogP contribution in [0.1, 0.15) is 27.6 Å². The molecule has 0 nitrogen and oxygen atoms in total. The van der Waals surface area contributed by atoms with Crippen LogP contribution in [0.5, 0.6) is 0 Å². The van der Waals surface area contributed by atoms with Crippen molar-refractivity contribution in [3.05, 3.63) is 66.2 Å². The molecule has 1 aliphatic carbocycles. The SMILES string of the molecule is ClC(c1cc(Br)sc1Br)c1ccc2c3c(cccc13)CC2. The predicted molar refractivity (Wildman–Crippen MR) is 98.8 cm³/mol. The van der Waals surface area contributed by atoms with Crippen molar-refractivity contribution in [1.82, 2.24) is 0 Å². The third-order valence-corrected chi connectivity index (χ3v) is 7.00. The van der Waals surface area contributed by atoms with Gasteiger partial charge < -0.3 is 0 Å². The molecule has 4 heteroatoms. The standard InChI is InChI=1S/C17H11Br2ClS/c18-14-8-13(17(19)21-14)16(20)12-7-6-10-5-4-9-2-1-3-11(12)15(9)10/h1-3,6-8,16H,4-5H2. The van der Waals surface area contributed by atoms with E-state index in [1.54, 1.807) is 11.3 Å². The first-order valence-corrected chi connectivity index (χ1v) is 9.61. The van der Waals surface area contributed by atoms with E-state index in [9.17, 15) is 0 Å². The average Bonchev–Trinajstić information content (AvgIpc) is 3.04. The van der Waals surface area contributed by atoms with Crippen molar-refractivity contribution in [2.75, 3.05) is 0 Å². The molecular formula is C17H11Br2ClS. The Hall–Kier alpha value is -0.350. The summed E-state index contributed by atoms with van der Waals surface area (Å²) in [6, 6.07) is 13.1. The lowest BCUT2D eigenvalue weighted by molar-refractivity contribution is 1.02. The summed E-state index contributed by atoms with van der Waals surface area (Å²) in [5.41, 5.74) is 5.25. The molecule has 2 aromatic carbocycles. The molecule has 1 unspecified atom stereocenters. The van der Waals surface area contributed by atoms with Crippen molar-refractivity contribution in [3.63, 3.8) is 0 Å². The van der Waals surface area contributed by atoms with Gasteiger partial charge in [-0.1, -0.05) is 30.3 Å². The van der Waals surface area contributed by atoms with E-state index < -0.39 is 0 Å². The third-order valence-electron chi connectivity index (χ3n) is 4.14. The minimum absolute atomic E-state index is 0.133. The van der Waals surface area contributed by atoms with Gasteiger partial charge in [-0.25, -0.2) is 0 Å². The van der Waals surface area contributed by atoms with Gasteiger partial charge in [-0.05, 0) is 78.2 Å². The highest BCUT2D eigenvalue weighted by molar-refractivity contribution is 9.12. The van der Waals surface area contributed by atoms with E-state index in [4.69, 9.17) is 11.6 Å². The van der Waals surface area contributed by atoms with E-state index in [1.165, 1.54) is 27.5 Å². The van der Waals surface area contributed by atoms with Crippen LogP contribution in [-0.4, -0.2) is 0 Å². The van der Waals surface area contributed by atoms with E-state index in [-0.39, 0.29) is 5.38 Å². The minimum atomic E-state index is -0.133. The fraction of sp³-hybridized carbons (Fsp3) is 0.176. The lowest BCUT2D eigenvalue weighted by Crippen LogP contribution is -1.95. The first-order chi connectivity index (χ1) is 10.1. The quantitative estimate of drug-likeness (QED) is 0.381. The monoisotopic (exact) mass is 440 g/mol. The Balaban J connectivity index is 1.94. The van der Waals surface area contributed by atoms with Crippen LogP contribution in [-0.2, 0) is 12.8 Å². The number of alkyl halides is 1. The van der Waals surface area contributed by atoms with Crippen molar-refractivity contribution in [3.8, 4) is 0 Å². The van der Waals surface area contributed by atoms with Crippen molar-refractivity contribution in [2.45, 2.75) is 18.2 Å². The largest absolute Gasteiger partial charge is 0.121 e. The van der Waals surface area contributed by atoms with Gasteiger partial charge in [0, 0.05) is 5.56 Å². The number of benzene rings is 2. The lowest BCUT2D eigenvalue weighted by atomic mass is 9.96. The normalized spacial score (nSPS) is 14.8. The van der Waals surface area contributed by atoms with Gasteiger partial charge in [-0.15, -0.1) is 22.9 Å². The summed E-state index contributed by atoms with van der Waals surface area (Å²) in [5, 5.41) is 2.59. The van der Waals surface area contributed by atoms with Gasteiger partial charge in [-0.2, -0.15) is 0 Å². The Morgan fingerprint density at radius 3 is 2.48 bits per heavy atom. The third kappa shape index (κ3) is 2.29. The zero-order valence-electron chi connectivity index (χ0n) is 11.0. The molecule has 21 heavy (non-hydrogen) atoms. The molecule has 0 aliphatic heterocycles. The smallest absolute Gasteiger partial charge is 0.0860 e. The lowest BCUT2D eigenvalue weighted by Gasteiger charge is -2.14. The van der Waals surface area contributed by atoms with Crippen molar-refractivity contribution < 1.29 is 0 Å². The van der Waals surface area contributed by atoms with Gasteiger partial charge in [0.05, 0.1) is 12.9 Å². The van der Waals surface area contributed by atoms with Gasteiger partial charge in [0.2, 0.25) is 0 Å². The number of thiophene rings is 1. The van der Waals surface area contributed by atoms with Gasteiger partial charge in [0.25, 0.3) is 0 Å². The van der Waals surface area contributed by atoms with E-state index in [0.717, 1.165) is 26.0 Å². The van der Waals surface area contributed by atoms with Gasteiger partial charge in [0.1, 0.15) is 0 Å². The Morgan fingerprint density at radius 2 is 1.76 bits per heavy atom. The van der Waals surface area contributed by atoms with Crippen LogP contribution in [0.15, 0.2) is 44.0 Å². The Labute approximate surface area is 149 Å². The summed E-state index contributed by atoms with van der Waals surface area (Å²) in [6.07, 6.45) is 2.30. The number of hydrogen-bond acceptors (Lipinski definition) is 1. The predicted octanol–water partition coefficient (Wildman–Crippen LogP) is 6.85. The van der Waals surface area contributed by atoms with E-state index in [1.807, 2.05) is 0 Å². The number of aryl methyl sites for hydroxylation is 2. The van der Waals surface area contributed by atoms with Crippen molar-refractivity contribution in [2.24, 2.45) is 0 Å². The van der Waals surface area contributed by atoms with Crippen LogP contribution in [0.2, 0.25) is 0 Å². The molecule has 0 N–H and O–H groups in total. The Kier molecular flexibility index (Phi) is 3.65. The fourth-order valence-corrected chi connectivity index (χ4v) is 6.64. The summed E-state index contributed by atoms with van der Waals surface area (Å²) >= 11 is 15.6. The molecular weight excluding hydrogens is 432 g/mol. The zero-order valence-corrected chi connectivity index (χ0v) is 15.7. The van der Waals surface area contributed by atoms with E-state index >= 15 is 0 Å². The molecule has 0 fully saturated rings. The zero-order chi connectivity index (χ0) is 14.6. The molecule has 0 saturated carbocycles. The number of rotatable bonds is 2. The maximum atomic E-state index is 6.81. The molecule has 1 atom stereocenters. The molecule has 1 aromatic heterocycles. The maximum absolute atomic E-state index is 6.81. The van der Waals surface area contributed by atoms with E-state index in [2.05, 4.69) is 68.3 Å². The molecule has 4 rings (SSSR count). The maximum Gasteiger partial charge on any atom is 0.0860 e. The molecule has 106 valence electrons. The van der Waals surface area contributed by atoms with Crippen LogP contribution in [0.3, 0.4) is 0 Å². The van der Waals surface area contributed by atoms with Gasteiger partial charge >= 0.3 is 0 Å². The van der Waals surface area contributed by atoms with Gasteiger partial charge in [-0.3, -0.25) is 0 Å². The molecule has 0 bridgehead atoms. The second kappa shape index (κ2) is 5.38. The van der Waals surface area contributed by atoms with Gasteiger partial charge in [0.15, 0.2) is 0 Å². The highest BCUT2D eigenvalue weighted by atomic mass is 79.9. The molecule has 1 aliphatic rings. The molecule has 1 heterocycles. The number of hydrogen-bond donors (Lipinski definition) is 0. The molecule has 3 aromatic rings. The average molecular weight is 443 g/mol. The molecule has 0 radical (unpaired) electrons. The van der Waals surface area contributed by atoms with Crippen molar-refractivity contribution in [1.29, 1.82) is 0 Å². The van der Waals surface area contributed by atoms with Crippen LogP contribution < -0.4 is 0 Å². The Bertz CT molecular complexity index is 843. The summed E-state index contributed by atoms with van der Waals surface area (Å²) in [5.74, 6) is 0.